The normalized spacial score (nSPS) is 16.9. The molecule has 0 bridgehead atoms. The summed E-state index contributed by atoms with van der Waals surface area (Å²) in [7, 11) is -3.87. The fourth-order valence-electron chi connectivity index (χ4n) is 2.21. The van der Waals surface area contributed by atoms with E-state index in [1.54, 1.807) is 19.1 Å². The lowest BCUT2D eigenvalue weighted by molar-refractivity contribution is -0.140. The number of aliphatic carboxylic acids is 1. The molecule has 0 fully saturated rings. The fourth-order valence-corrected chi connectivity index (χ4v) is 3.56. The number of carboxylic acids is 1. The van der Waals surface area contributed by atoms with Gasteiger partial charge in [-0.1, -0.05) is 20.3 Å². The predicted octanol–water partition coefficient (Wildman–Crippen LogP) is 1.40. The number of hydrogen-bond acceptors (Lipinski definition) is 4. The molecule has 2 rings (SSSR count). The van der Waals surface area contributed by atoms with Crippen LogP contribution in [0.4, 0.5) is 0 Å². The number of carbonyl (C=O) groups is 1. The number of fused-ring (bicyclic) bond motifs is 1. The van der Waals surface area contributed by atoms with Crippen LogP contribution < -0.4 is 9.46 Å². The second-order valence-corrected chi connectivity index (χ2v) is 6.90. The molecule has 0 spiro atoms. The van der Waals surface area contributed by atoms with Gasteiger partial charge in [0, 0.05) is 6.42 Å². The average Bonchev–Trinajstić information content (AvgIpc) is 2.91. The molecule has 0 saturated carbocycles. The van der Waals surface area contributed by atoms with Gasteiger partial charge in [-0.2, -0.15) is 4.72 Å². The minimum atomic E-state index is -3.87. The number of benzene rings is 1. The fraction of sp³-hybridized carbons (Fsp3) is 0.500. The summed E-state index contributed by atoms with van der Waals surface area (Å²) >= 11 is 0. The summed E-state index contributed by atoms with van der Waals surface area (Å²) in [5, 5.41) is 9.19. The molecule has 0 amide bonds. The van der Waals surface area contributed by atoms with Crippen LogP contribution in [0.25, 0.3) is 0 Å². The van der Waals surface area contributed by atoms with Gasteiger partial charge in [0.05, 0.1) is 11.5 Å². The van der Waals surface area contributed by atoms with Crippen molar-refractivity contribution >= 4 is 16.0 Å². The van der Waals surface area contributed by atoms with E-state index in [0.29, 0.717) is 25.2 Å². The van der Waals surface area contributed by atoms with Gasteiger partial charge in [0.15, 0.2) is 0 Å². The van der Waals surface area contributed by atoms with E-state index in [1.165, 1.54) is 6.07 Å². The third-order valence-corrected chi connectivity index (χ3v) is 5.17. The standard InChI is InChI=1S/C14H19NO5S/c1-3-9(2)13(14(16)17)15-21(18,19)11-4-5-12-10(8-11)6-7-20-12/h4-5,8-9,13,15H,3,6-7H2,1-2H3,(H,16,17)/t9?,13-/m0/s1. The maximum Gasteiger partial charge on any atom is 0.322 e. The first kappa shape index (κ1) is 15.8. The van der Waals surface area contributed by atoms with Crippen molar-refractivity contribution in [1.82, 2.24) is 4.72 Å². The summed E-state index contributed by atoms with van der Waals surface area (Å²) in [6.07, 6.45) is 1.23. The lowest BCUT2D eigenvalue weighted by Crippen LogP contribution is -2.44. The van der Waals surface area contributed by atoms with Crippen molar-refractivity contribution in [3.05, 3.63) is 23.8 Å². The molecule has 0 aromatic heterocycles. The molecule has 2 N–H and O–H groups in total. The van der Waals surface area contributed by atoms with Crippen LogP contribution in [0.1, 0.15) is 25.8 Å². The van der Waals surface area contributed by atoms with E-state index in [9.17, 15) is 18.3 Å². The third kappa shape index (κ3) is 3.36. The highest BCUT2D eigenvalue weighted by Crippen LogP contribution is 2.27. The monoisotopic (exact) mass is 313 g/mol. The summed E-state index contributed by atoms with van der Waals surface area (Å²) in [6, 6.07) is 3.45. The van der Waals surface area contributed by atoms with Crippen molar-refractivity contribution in [3.63, 3.8) is 0 Å². The summed E-state index contributed by atoms with van der Waals surface area (Å²) in [4.78, 5) is 11.3. The number of carboxylic acid groups (broad SMARTS) is 1. The molecular formula is C14H19NO5S. The Morgan fingerprint density at radius 2 is 2.19 bits per heavy atom. The molecule has 1 unspecified atom stereocenters. The highest BCUT2D eigenvalue weighted by Gasteiger charge is 2.30. The van der Waals surface area contributed by atoms with Gasteiger partial charge in [-0.25, -0.2) is 8.42 Å². The molecular weight excluding hydrogens is 294 g/mol. The van der Waals surface area contributed by atoms with Gasteiger partial charge in [-0.3, -0.25) is 4.79 Å². The number of hydrogen-bond donors (Lipinski definition) is 2. The van der Waals surface area contributed by atoms with Crippen molar-refractivity contribution in [1.29, 1.82) is 0 Å². The first-order valence-corrected chi connectivity index (χ1v) is 8.34. The number of ether oxygens (including phenoxy) is 1. The van der Waals surface area contributed by atoms with Crippen molar-refractivity contribution in [2.45, 2.75) is 37.6 Å². The van der Waals surface area contributed by atoms with Gasteiger partial charge in [-0.15, -0.1) is 0 Å². The van der Waals surface area contributed by atoms with Gasteiger partial charge in [0.1, 0.15) is 11.8 Å². The largest absolute Gasteiger partial charge is 0.493 e. The van der Waals surface area contributed by atoms with Gasteiger partial charge < -0.3 is 9.84 Å². The van der Waals surface area contributed by atoms with Gasteiger partial charge in [0.2, 0.25) is 10.0 Å². The van der Waals surface area contributed by atoms with Crippen molar-refractivity contribution in [2.24, 2.45) is 5.92 Å². The molecule has 0 saturated heterocycles. The SMILES string of the molecule is CCC(C)[C@H](NS(=O)(=O)c1ccc2c(c1)CCO2)C(=O)O. The Morgan fingerprint density at radius 1 is 1.48 bits per heavy atom. The molecule has 0 radical (unpaired) electrons. The smallest absolute Gasteiger partial charge is 0.322 e. The van der Waals surface area contributed by atoms with Crippen LogP contribution in [0.2, 0.25) is 0 Å². The van der Waals surface area contributed by atoms with E-state index in [0.717, 1.165) is 5.56 Å². The molecule has 21 heavy (non-hydrogen) atoms. The highest BCUT2D eigenvalue weighted by atomic mass is 32.2. The molecule has 7 heteroatoms. The Bertz CT molecular complexity index is 641. The number of sulfonamides is 1. The second kappa shape index (κ2) is 6.03. The molecule has 0 aliphatic carbocycles. The van der Waals surface area contributed by atoms with E-state index >= 15 is 0 Å². The molecule has 1 aliphatic rings. The third-order valence-electron chi connectivity index (χ3n) is 3.73. The van der Waals surface area contributed by atoms with Gasteiger partial charge in [0.25, 0.3) is 0 Å². The highest BCUT2D eigenvalue weighted by molar-refractivity contribution is 7.89. The quantitative estimate of drug-likeness (QED) is 0.828. The number of nitrogens with one attached hydrogen (secondary N) is 1. The predicted molar refractivity (Wildman–Crippen MR) is 76.8 cm³/mol. The zero-order chi connectivity index (χ0) is 15.6. The van der Waals surface area contributed by atoms with Crippen LogP contribution in [0.5, 0.6) is 5.75 Å². The van der Waals surface area contributed by atoms with Gasteiger partial charge in [-0.05, 0) is 29.7 Å². The Morgan fingerprint density at radius 3 is 2.81 bits per heavy atom. The minimum absolute atomic E-state index is 0.0707. The summed E-state index contributed by atoms with van der Waals surface area (Å²) in [5.74, 6) is -0.780. The zero-order valence-corrected chi connectivity index (χ0v) is 12.8. The van der Waals surface area contributed by atoms with Crippen LogP contribution >= 0.6 is 0 Å². The molecule has 1 aromatic carbocycles. The van der Waals surface area contributed by atoms with E-state index in [-0.39, 0.29) is 10.8 Å². The Balaban J connectivity index is 2.27. The van der Waals surface area contributed by atoms with Crippen LogP contribution in [0.15, 0.2) is 23.1 Å². The summed E-state index contributed by atoms with van der Waals surface area (Å²) < 4.78 is 32.3. The van der Waals surface area contributed by atoms with Gasteiger partial charge >= 0.3 is 5.97 Å². The summed E-state index contributed by atoms with van der Waals surface area (Å²) in [6.45, 7) is 4.07. The van der Waals surface area contributed by atoms with E-state index in [4.69, 9.17) is 4.74 Å². The van der Waals surface area contributed by atoms with E-state index in [1.807, 2.05) is 6.92 Å². The maximum atomic E-state index is 12.4. The lowest BCUT2D eigenvalue weighted by Gasteiger charge is -2.20. The van der Waals surface area contributed by atoms with Crippen LogP contribution in [0.3, 0.4) is 0 Å². The maximum absolute atomic E-state index is 12.4. The molecule has 1 heterocycles. The summed E-state index contributed by atoms with van der Waals surface area (Å²) in [5.41, 5.74) is 0.827. The van der Waals surface area contributed by atoms with Crippen molar-refractivity contribution < 1.29 is 23.1 Å². The lowest BCUT2D eigenvalue weighted by atomic mass is 10.0. The molecule has 1 aromatic rings. The Kier molecular flexibility index (Phi) is 4.53. The number of rotatable bonds is 6. The van der Waals surface area contributed by atoms with Crippen LogP contribution in [0, 0.1) is 5.92 Å². The Labute approximate surface area is 124 Å². The molecule has 116 valence electrons. The van der Waals surface area contributed by atoms with E-state index in [2.05, 4.69) is 4.72 Å². The van der Waals surface area contributed by atoms with Crippen LogP contribution in [-0.4, -0.2) is 32.1 Å². The second-order valence-electron chi connectivity index (χ2n) is 5.19. The van der Waals surface area contributed by atoms with Crippen molar-refractivity contribution in [2.75, 3.05) is 6.61 Å². The molecule has 2 atom stereocenters. The Hall–Kier alpha value is -1.60. The topological polar surface area (TPSA) is 92.7 Å². The molecule has 1 aliphatic heterocycles. The molecule has 6 nitrogen and oxygen atoms in total. The van der Waals surface area contributed by atoms with Crippen LogP contribution in [-0.2, 0) is 21.2 Å². The van der Waals surface area contributed by atoms with Crippen molar-refractivity contribution in [3.8, 4) is 5.75 Å². The first-order valence-electron chi connectivity index (χ1n) is 6.86. The minimum Gasteiger partial charge on any atom is -0.493 e. The zero-order valence-electron chi connectivity index (χ0n) is 12.0. The first-order chi connectivity index (χ1) is 9.85. The average molecular weight is 313 g/mol. The van der Waals surface area contributed by atoms with E-state index < -0.39 is 22.0 Å².